The second kappa shape index (κ2) is 7.90. The quantitative estimate of drug-likeness (QED) is 0.872. The van der Waals surface area contributed by atoms with E-state index in [0.29, 0.717) is 50.1 Å². The van der Waals surface area contributed by atoms with E-state index in [1.807, 2.05) is 23.1 Å². The lowest BCUT2D eigenvalue weighted by Gasteiger charge is -2.35. The molecular weight excluding hydrogens is 332 g/mol. The van der Waals surface area contributed by atoms with E-state index in [1.54, 1.807) is 26.1 Å². The van der Waals surface area contributed by atoms with E-state index in [2.05, 4.69) is 25.2 Å². The summed E-state index contributed by atoms with van der Waals surface area (Å²) >= 11 is 0. The molecule has 2 aromatic rings. The molecule has 0 radical (unpaired) electrons. The Hall–Kier alpha value is -3.03. The van der Waals surface area contributed by atoms with Crippen molar-refractivity contribution in [3.05, 3.63) is 47.7 Å². The summed E-state index contributed by atoms with van der Waals surface area (Å²) in [6.07, 6.45) is 1.69. The molecule has 2 amide bonds. The normalized spacial score (nSPS) is 14.2. The third-order valence-corrected chi connectivity index (χ3v) is 4.26. The van der Waals surface area contributed by atoms with Crippen molar-refractivity contribution in [1.29, 1.82) is 0 Å². The minimum absolute atomic E-state index is 0.0816. The summed E-state index contributed by atoms with van der Waals surface area (Å²) in [7, 11) is 0. The lowest BCUT2D eigenvalue weighted by atomic mass is 10.2. The number of carbonyl (C=O) groups is 2. The molecule has 0 bridgehead atoms. The first kappa shape index (κ1) is 17.8. The van der Waals surface area contributed by atoms with E-state index >= 15 is 0 Å². The highest BCUT2D eigenvalue weighted by molar-refractivity contribution is 5.92. The van der Waals surface area contributed by atoms with E-state index in [-0.39, 0.29) is 11.8 Å². The van der Waals surface area contributed by atoms with E-state index in [0.717, 1.165) is 5.69 Å². The van der Waals surface area contributed by atoms with Gasteiger partial charge in [-0.3, -0.25) is 14.6 Å². The lowest BCUT2D eigenvalue weighted by Crippen LogP contribution is -2.48. The number of piperazine rings is 1. The minimum atomic E-state index is -0.259. The molecule has 0 saturated carbocycles. The molecule has 1 saturated heterocycles. The molecule has 26 heavy (non-hydrogen) atoms. The highest BCUT2D eigenvalue weighted by Gasteiger charge is 2.21. The van der Waals surface area contributed by atoms with Crippen LogP contribution in [0.5, 0.6) is 0 Å². The number of pyridine rings is 1. The van der Waals surface area contributed by atoms with Crippen LogP contribution < -0.4 is 10.2 Å². The van der Waals surface area contributed by atoms with Gasteiger partial charge in [-0.2, -0.15) is 0 Å². The van der Waals surface area contributed by atoms with E-state index in [1.165, 1.54) is 0 Å². The summed E-state index contributed by atoms with van der Waals surface area (Å²) in [5, 5.41) is 2.83. The summed E-state index contributed by atoms with van der Waals surface area (Å²) in [6.45, 7) is 6.37. The molecule has 0 aliphatic carbocycles. The SMILES string of the molecule is CC(=O)N1CCN(c2cc(C(=O)NCc3ccccn3)nc(C)n2)CC1. The second-order valence-corrected chi connectivity index (χ2v) is 6.16. The van der Waals surface area contributed by atoms with Crippen molar-refractivity contribution >= 4 is 17.6 Å². The molecule has 0 atom stereocenters. The highest BCUT2D eigenvalue weighted by atomic mass is 16.2. The van der Waals surface area contributed by atoms with Gasteiger partial charge in [-0.15, -0.1) is 0 Å². The third kappa shape index (κ3) is 4.33. The number of anilines is 1. The summed E-state index contributed by atoms with van der Waals surface area (Å²) < 4.78 is 0. The second-order valence-electron chi connectivity index (χ2n) is 6.16. The zero-order chi connectivity index (χ0) is 18.5. The average molecular weight is 354 g/mol. The van der Waals surface area contributed by atoms with Crippen LogP contribution in [0.25, 0.3) is 0 Å². The molecule has 1 aliphatic rings. The minimum Gasteiger partial charge on any atom is -0.353 e. The van der Waals surface area contributed by atoms with E-state index in [9.17, 15) is 9.59 Å². The van der Waals surface area contributed by atoms with Crippen LogP contribution in [-0.2, 0) is 11.3 Å². The fourth-order valence-corrected chi connectivity index (χ4v) is 2.84. The molecule has 8 nitrogen and oxygen atoms in total. The van der Waals surface area contributed by atoms with Crippen molar-refractivity contribution in [3.8, 4) is 0 Å². The Morgan fingerprint density at radius 2 is 1.92 bits per heavy atom. The fourth-order valence-electron chi connectivity index (χ4n) is 2.84. The Labute approximate surface area is 152 Å². The largest absolute Gasteiger partial charge is 0.353 e. The number of carbonyl (C=O) groups excluding carboxylic acids is 2. The van der Waals surface area contributed by atoms with Crippen LogP contribution in [0.1, 0.15) is 28.9 Å². The summed E-state index contributed by atoms with van der Waals surface area (Å²) in [4.78, 5) is 40.7. The summed E-state index contributed by atoms with van der Waals surface area (Å²) in [5.74, 6) is 1.08. The molecule has 1 fully saturated rings. The number of amides is 2. The maximum absolute atomic E-state index is 12.4. The lowest BCUT2D eigenvalue weighted by molar-refractivity contribution is -0.129. The smallest absolute Gasteiger partial charge is 0.270 e. The summed E-state index contributed by atoms with van der Waals surface area (Å²) in [5.41, 5.74) is 1.12. The molecule has 3 rings (SSSR count). The van der Waals surface area contributed by atoms with E-state index in [4.69, 9.17) is 0 Å². The Morgan fingerprint density at radius 3 is 2.58 bits per heavy atom. The molecule has 1 N–H and O–H groups in total. The van der Waals surface area contributed by atoms with Crippen LogP contribution in [0.2, 0.25) is 0 Å². The van der Waals surface area contributed by atoms with Crippen molar-refractivity contribution < 1.29 is 9.59 Å². The molecule has 0 aromatic carbocycles. The number of aromatic nitrogens is 3. The van der Waals surface area contributed by atoms with E-state index < -0.39 is 0 Å². The van der Waals surface area contributed by atoms with Gasteiger partial charge in [0.1, 0.15) is 17.3 Å². The number of nitrogens with zero attached hydrogens (tertiary/aromatic N) is 5. The van der Waals surface area contributed by atoms with Crippen molar-refractivity contribution in [2.24, 2.45) is 0 Å². The maximum Gasteiger partial charge on any atom is 0.270 e. The Bertz CT molecular complexity index is 788. The van der Waals surface area contributed by atoms with Crippen LogP contribution in [-0.4, -0.2) is 57.8 Å². The topological polar surface area (TPSA) is 91.3 Å². The number of aryl methyl sites for hydroxylation is 1. The Morgan fingerprint density at radius 1 is 1.15 bits per heavy atom. The number of rotatable bonds is 4. The summed E-state index contributed by atoms with van der Waals surface area (Å²) in [6, 6.07) is 7.26. The van der Waals surface area contributed by atoms with Gasteiger partial charge in [0.05, 0.1) is 12.2 Å². The highest BCUT2D eigenvalue weighted by Crippen LogP contribution is 2.15. The van der Waals surface area contributed by atoms with Crippen LogP contribution in [0.3, 0.4) is 0 Å². The zero-order valence-electron chi connectivity index (χ0n) is 15.0. The average Bonchev–Trinajstić information content (AvgIpc) is 2.66. The predicted octanol–water partition coefficient (Wildman–Crippen LogP) is 0.779. The standard InChI is InChI=1S/C18H22N6O2/c1-13-21-16(18(26)20-12-15-5-3-4-6-19-15)11-17(22-13)24-9-7-23(8-10-24)14(2)25/h3-6,11H,7-10,12H2,1-2H3,(H,20,26). The zero-order valence-corrected chi connectivity index (χ0v) is 15.0. The number of hydrogen-bond donors (Lipinski definition) is 1. The van der Waals surface area contributed by atoms with Gasteiger partial charge in [-0.1, -0.05) is 6.07 Å². The van der Waals surface area contributed by atoms with Crippen molar-refractivity contribution in [2.45, 2.75) is 20.4 Å². The van der Waals surface area contributed by atoms with Gasteiger partial charge in [0, 0.05) is 45.4 Å². The fraction of sp³-hybridized carbons (Fsp3) is 0.389. The molecule has 1 aliphatic heterocycles. The van der Waals surface area contributed by atoms with Gasteiger partial charge in [0.25, 0.3) is 5.91 Å². The van der Waals surface area contributed by atoms with Gasteiger partial charge >= 0.3 is 0 Å². The Kier molecular flexibility index (Phi) is 5.40. The van der Waals surface area contributed by atoms with Crippen LogP contribution >= 0.6 is 0 Å². The van der Waals surface area contributed by atoms with Crippen molar-refractivity contribution in [2.75, 3.05) is 31.1 Å². The third-order valence-electron chi connectivity index (χ3n) is 4.26. The maximum atomic E-state index is 12.4. The molecule has 3 heterocycles. The van der Waals surface area contributed by atoms with Gasteiger partial charge < -0.3 is 15.1 Å². The van der Waals surface area contributed by atoms with Crippen molar-refractivity contribution in [1.82, 2.24) is 25.2 Å². The van der Waals surface area contributed by atoms with Gasteiger partial charge in [-0.25, -0.2) is 9.97 Å². The monoisotopic (exact) mass is 354 g/mol. The molecule has 8 heteroatoms. The number of nitrogens with one attached hydrogen (secondary N) is 1. The first-order valence-corrected chi connectivity index (χ1v) is 8.57. The van der Waals surface area contributed by atoms with Crippen molar-refractivity contribution in [3.63, 3.8) is 0 Å². The molecule has 2 aromatic heterocycles. The number of hydrogen-bond acceptors (Lipinski definition) is 6. The molecular formula is C18H22N6O2. The van der Waals surface area contributed by atoms with Gasteiger partial charge in [0.15, 0.2) is 0 Å². The van der Waals surface area contributed by atoms with Gasteiger partial charge in [0.2, 0.25) is 5.91 Å². The van der Waals surface area contributed by atoms with Crippen LogP contribution in [0.15, 0.2) is 30.5 Å². The molecule has 0 unspecified atom stereocenters. The Balaban J connectivity index is 1.67. The van der Waals surface area contributed by atoms with Crippen LogP contribution in [0.4, 0.5) is 5.82 Å². The molecule has 0 spiro atoms. The first-order valence-electron chi connectivity index (χ1n) is 8.57. The predicted molar refractivity (Wildman–Crippen MR) is 96.6 cm³/mol. The van der Waals surface area contributed by atoms with Crippen LogP contribution in [0, 0.1) is 6.92 Å². The van der Waals surface area contributed by atoms with Gasteiger partial charge in [-0.05, 0) is 19.1 Å². The first-order chi connectivity index (χ1) is 12.5. The molecule has 136 valence electrons.